The van der Waals surface area contributed by atoms with Gasteiger partial charge in [-0.05, 0) is 47.7 Å². The van der Waals surface area contributed by atoms with Crippen LogP contribution in [-0.2, 0) is 11.3 Å². The van der Waals surface area contributed by atoms with Gasteiger partial charge in [0, 0.05) is 23.5 Å². The number of urea groups is 1. The molecule has 0 radical (unpaired) electrons. The van der Waals surface area contributed by atoms with E-state index in [4.69, 9.17) is 4.74 Å². The monoisotopic (exact) mass is 417 g/mol. The minimum absolute atomic E-state index is 0.110. The molecule has 0 aromatic heterocycles. The SMILES string of the molecule is COc1ccc2c(c1)C(=O)N(C[C@H](NC(=O)NC=O)c1cc(F)ccc1SC)C2. The topological polar surface area (TPSA) is 87.7 Å². The third kappa shape index (κ3) is 4.51. The number of rotatable bonds is 7. The molecule has 1 heterocycles. The number of methoxy groups -OCH3 is 1. The Bertz CT molecular complexity index is 953. The lowest BCUT2D eigenvalue weighted by Gasteiger charge is -2.26. The van der Waals surface area contributed by atoms with Gasteiger partial charge in [0.15, 0.2) is 0 Å². The standard InChI is InChI=1S/C20H20FN3O4S/c1-28-14-5-3-12-9-24(19(26)15(12)8-14)10-17(23-20(27)22-11-25)16-7-13(21)4-6-18(16)29-2/h3-8,11,17H,9-10H2,1-2H3,(H2,22,23,25,27)/t17-/m0/s1. The molecule has 0 aliphatic carbocycles. The number of fused-ring (bicyclic) bond motifs is 1. The average Bonchev–Trinajstić information content (AvgIpc) is 3.02. The lowest BCUT2D eigenvalue weighted by molar-refractivity contribution is -0.108. The summed E-state index contributed by atoms with van der Waals surface area (Å²) >= 11 is 1.40. The summed E-state index contributed by atoms with van der Waals surface area (Å²) in [4.78, 5) is 37.8. The Morgan fingerprint density at radius 3 is 2.83 bits per heavy atom. The molecule has 1 aliphatic heterocycles. The van der Waals surface area contributed by atoms with Crippen molar-refractivity contribution in [1.29, 1.82) is 0 Å². The van der Waals surface area contributed by atoms with Gasteiger partial charge in [-0.25, -0.2) is 9.18 Å². The van der Waals surface area contributed by atoms with Crippen LogP contribution in [0, 0.1) is 5.82 Å². The maximum atomic E-state index is 13.9. The van der Waals surface area contributed by atoms with Gasteiger partial charge >= 0.3 is 6.03 Å². The first-order chi connectivity index (χ1) is 14.0. The highest BCUT2D eigenvalue weighted by Gasteiger charge is 2.31. The van der Waals surface area contributed by atoms with Crippen molar-refractivity contribution in [3.63, 3.8) is 0 Å². The Labute approximate surface area is 171 Å². The van der Waals surface area contributed by atoms with Crippen molar-refractivity contribution in [2.45, 2.75) is 17.5 Å². The molecular weight excluding hydrogens is 397 g/mol. The molecule has 9 heteroatoms. The molecule has 1 atom stereocenters. The summed E-state index contributed by atoms with van der Waals surface area (Å²) in [6.45, 7) is 0.467. The van der Waals surface area contributed by atoms with E-state index in [1.807, 2.05) is 17.6 Å². The van der Waals surface area contributed by atoms with Crippen LogP contribution in [-0.4, -0.2) is 43.2 Å². The van der Waals surface area contributed by atoms with Crippen molar-refractivity contribution in [2.24, 2.45) is 0 Å². The molecule has 2 aromatic rings. The van der Waals surface area contributed by atoms with Gasteiger partial charge < -0.3 is 15.0 Å². The summed E-state index contributed by atoms with van der Waals surface area (Å²) in [5.74, 6) is -0.0847. The van der Waals surface area contributed by atoms with Gasteiger partial charge in [-0.3, -0.25) is 14.9 Å². The lowest BCUT2D eigenvalue weighted by Crippen LogP contribution is -2.42. The predicted octanol–water partition coefficient (Wildman–Crippen LogP) is 2.71. The maximum Gasteiger partial charge on any atom is 0.321 e. The first-order valence-electron chi connectivity index (χ1n) is 8.77. The molecule has 29 heavy (non-hydrogen) atoms. The average molecular weight is 417 g/mol. The fourth-order valence-electron chi connectivity index (χ4n) is 3.29. The molecule has 7 nitrogen and oxygen atoms in total. The van der Waals surface area contributed by atoms with Crippen LogP contribution in [0.15, 0.2) is 41.3 Å². The highest BCUT2D eigenvalue weighted by molar-refractivity contribution is 7.98. The van der Waals surface area contributed by atoms with Crippen LogP contribution in [0.5, 0.6) is 5.75 Å². The van der Waals surface area contributed by atoms with E-state index < -0.39 is 17.9 Å². The number of amides is 4. The molecule has 0 saturated heterocycles. The van der Waals surface area contributed by atoms with Gasteiger partial charge in [-0.2, -0.15) is 0 Å². The zero-order valence-electron chi connectivity index (χ0n) is 15.9. The largest absolute Gasteiger partial charge is 0.497 e. The quantitative estimate of drug-likeness (QED) is 0.534. The molecule has 4 amide bonds. The minimum atomic E-state index is -0.729. The van der Waals surface area contributed by atoms with Gasteiger partial charge in [0.2, 0.25) is 6.41 Å². The van der Waals surface area contributed by atoms with Crippen LogP contribution in [0.25, 0.3) is 0 Å². The summed E-state index contributed by atoms with van der Waals surface area (Å²) in [5.41, 5.74) is 1.90. The van der Waals surface area contributed by atoms with Gasteiger partial charge in [0.05, 0.1) is 13.2 Å². The van der Waals surface area contributed by atoms with E-state index in [0.29, 0.717) is 23.4 Å². The number of nitrogens with zero attached hydrogens (tertiary/aromatic N) is 1. The number of ether oxygens (including phenoxy) is 1. The second-order valence-electron chi connectivity index (χ2n) is 6.38. The summed E-state index contributed by atoms with van der Waals surface area (Å²) < 4.78 is 19.1. The van der Waals surface area contributed by atoms with Crippen molar-refractivity contribution >= 4 is 30.1 Å². The number of halogens is 1. The molecule has 0 spiro atoms. The number of thioether (sulfide) groups is 1. The van der Waals surface area contributed by atoms with Gasteiger partial charge in [0.25, 0.3) is 5.91 Å². The van der Waals surface area contributed by atoms with Gasteiger partial charge in [-0.1, -0.05) is 6.07 Å². The van der Waals surface area contributed by atoms with Crippen molar-refractivity contribution in [1.82, 2.24) is 15.5 Å². The predicted molar refractivity (Wildman–Crippen MR) is 106 cm³/mol. The molecule has 0 bridgehead atoms. The van der Waals surface area contributed by atoms with Crippen molar-refractivity contribution in [3.05, 3.63) is 58.9 Å². The van der Waals surface area contributed by atoms with Crippen molar-refractivity contribution < 1.29 is 23.5 Å². The van der Waals surface area contributed by atoms with Crippen LogP contribution < -0.4 is 15.4 Å². The Morgan fingerprint density at radius 1 is 1.34 bits per heavy atom. The fraction of sp³-hybridized carbons (Fsp3) is 0.250. The van der Waals surface area contributed by atoms with E-state index in [1.165, 1.54) is 31.0 Å². The van der Waals surface area contributed by atoms with E-state index in [2.05, 4.69) is 5.32 Å². The van der Waals surface area contributed by atoms with Crippen molar-refractivity contribution in [2.75, 3.05) is 19.9 Å². The number of benzene rings is 2. The van der Waals surface area contributed by atoms with E-state index in [0.717, 1.165) is 10.5 Å². The molecule has 152 valence electrons. The second kappa shape index (κ2) is 8.95. The fourth-order valence-corrected chi connectivity index (χ4v) is 3.93. The zero-order chi connectivity index (χ0) is 21.0. The van der Waals surface area contributed by atoms with Crippen LogP contribution in [0.2, 0.25) is 0 Å². The van der Waals surface area contributed by atoms with Crippen LogP contribution in [0.1, 0.15) is 27.5 Å². The first kappa shape index (κ1) is 20.7. The Hall–Kier alpha value is -3.07. The summed E-state index contributed by atoms with van der Waals surface area (Å²) in [6.07, 6.45) is 2.10. The Morgan fingerprint density at radius 2 is 2.14 bits per heavy atom. The Kier molecular flexibility index (Phi) is 6.38. The van der Waals surface area contributed by atoms with Crippen molar-refractivity contribution in [3.8, 4) is 5.75 Å². The number of carbonyl (C=O) groups is 3. The van der Waals surface area contributed by atoms with Crippen LogP contribution in [0.3, 0.4) is 0 Å². The van der Waals surface area contributed by atoms with E-state index in [1.54, 1.807) is 23.1 Å². The molecule has 2 aromatic carbocycles. The molecule has 1 aliphatic rings. The normalized spacial score (nSPS) is 13.6. The molecule has 3 rings (SSSR count). The number of hydrogen-bond donors (Lipinski definition) is 2. The van der Waals surface area contributed by atoms with E-state index in [-0.39, 0.29) is 18.9 Å². The third-order valence-corrected chi connectivity index (χ3v) is 5.47. The summed E-state index contributed by atoms with van der Waals surface area (Å²) in [5, 5.41) is 4.67. The molecule has 0 fully saturated rings. The zero-order valence-corrected chi connectivity index (χ0v) is 16.7. The number of imide groups is 1. The molecule has 0 unspecified atom stereocenters. The maximum absolute atomic E-state index is 13.9. The van der Waals surface area contributed by atoms with E-state index >= 15 is 0 Å². The molecule has 2 N–H and O–H groups in total. The number of nitrogens with one attached hydrogen (secondary N) is 2. The van der Waals surface area contributed by atoms with Crippen LogP contribution in [0.4, 0.5) is 9.18 Å². The summed E-state index contributed by atoms with van der Waals surface area (Å²) in [6, 6.07) is 8.11. The van der Waals surface area contributed by atoms with Gasteiger partial charge in [-0.15, -0.1) is 11.8 Å². The first-order valence-corrected chi connectivity index (χ1v) is 9.99. The van der Waals surface area contributed by atoms with Gasteiger partial charge in [0.1, 0.15) is 11.6 Å². The lowest BCUT2D eigenvalue weighted by atomic mass is 10.1. The Balaban J connectivity index is 1.90. The third-order valence-electron chi connectivity index (χ3n) is 4.66. The van der Waals surface area contributed by atoms with Crippen LogP contribution >= 0.6 is 11.8 Å². The number of hydrogen-bond acceptors (Lipinski definition) is 5. The summed E-state index contributed by atoms with van der Waals surface area (Å²) in [7, 11) is 1.53. The highest BCUT2D eigenvalue weighted by Crippen LogP contribution is 2.31. The smallest absolute Gasteiger partial charge is 0.321 e. The van der Waals surface area contributed by atoms with E-state index in [9.17, 15) is 18.8 Å². The highest BCUT2D eigenvalue weighted by atomic mass is 32.2. The molecule has 0 saturated carbocycles. The minimum Gasteiger partial charge on any atom is -0.497 e. The second-order valence-corrected chi connectivity index (χ2v) is 7.23. The molecular formula is C20H20FN3O4S. The number of carbonyl (C=O) groups excluding carboxylic acids is 3.